The van der Waals surface area contributed by atoms with E-state index in [4.69, 9.17) is 38.4 Å². The van der Waals surface area contributed by atoms with Crippen molar-refractivity contribution in [1.29, 1.82) is 0 Å². The normalized spacial score (nSPS) is 16.6. The molecule has 0 saturated carbocycles. The van der Waals surface area contributed by atoms with E-state index in [9.17, 15) is 19.2 Å². The number of benzene rings is 1. The maximum atomic E-state index is 12.8. The van der Waals surface area contributed by atoms with Crippen LogP contribution >= 0.6 is 46.5 Å². The van der Waals surface area contributed by atoms with Crippen molar-refractivity contribution in [2.45, 2.75) is 62.7 Å². The molecule has 3 amide bonds. The Labute approximate surface area is 257 Å². The number of thiazole rings is 1. The molecule has 11 nitrogen and oxygen atoms in total. The molecular formula is C26H33Cl2N5O6S2. The molecule has 1 fully saturated rings. The molecule has 1 saturated heterocycles. The molecule has 1 aliphatic heterocycles. The molecular weight excluding hydrogens is 613 g/mol. The number of primary amides is 1. The Bertz CT molecular complexity index is 1270. The zero-order valence-corrected chi connectivity index (χ0v) is 26.3. The first-order valence-corrected chi connectivity index (χ1v) is 15.1. The molecule has 0 aliphatic carbocycles. The average molecular weight is 647 g/mol. The Balaban J connectivity index is 1.60. The van der Waals surface area contributed by atoms with Gasteiger partial charge in [0.15, 0.2) is 4.34 Å². The van der Waals surface area contributed by atoms with E-state index >= 15 is 0 Å². The molecule has 1 aliphatic rings. The van der Waals surface area contributed by atoms with Gasteiger partial charge in [0.1, 0.15) is 17.3 Å². The zero-order valence-electron chi connectivity index (χ0n) is 23.1. The summed E-state index contributed by atoms with van der Waals surface area (Å²) in [4.78, 5) is 55.8. The highest BCUT2D eigenvalue weighted by Crippen LogP contribution is 2.28. The molecule has 0 radical (unpaired) electrons. The maximum Gasteiger partial charge on any atom is 0.329 e. The lowest BCUT2D eigenvalue weighted by Crippen LogP contribution is -2.46. The van der Waals surface area contributed by atoms with Gasteiger partial charge in [-0.1, -0.05) is 29.3 Å². The van der Waals surface area contributed by atoms with Crippen LogP contribution in [0.1, 0.15) is 50.2 Å². The number of nitrogens with one attached hydrogen (secondary N) is 1. The van der Waals surface area contributed by atoms with Gasteiger partial charge in [-0.15, -0.1) is 11.3 Å². The third-order valence-corrected chi connectivity index (χ3v) is 8.40. The first-order chi connectivity index (χ1) is 19.2. The Morgan fingerprint density at radius 3 is 2.66 bits per heavy atom. The lowest BCUT2D eigenvalue weighted by molar-refractivity contribution is -0.158. The van der Waals surface area contributed by atoms with Gasteiger partial charge in [0, 0.05) is 43.9 Å². The fourth-order valence-electron chi connectivity index (χ4n) is 3.84. The van der Waals surface area contributed by atoms with E-state index < -0.39 is 35.8 Å². The Hall–Kier alpha value is -2.42. The average Bonchev–Trinajstić information content (AvgIpc) is 3.33. The Morgan fingerprint density at radius 1 is 1.29 bits per heavy atom. The number of ether oxygens (including phenoxy) is 2. The summed E-state index contributed by atoms with van der Waals surface area (Å²) >= 11 is 14.4. The van der Waals surface area contributed by atoms with Gasteiger partial charge in [-0.3, -0.25) is 23.6 Å². The topological polar surface area (TPSA) is 144 Å². The van der Waals surface area contributed by atoms with Crippen molar-refractivity contribution in [1.82, 2.24) is 19.5 Å². The lowest BCUT2D eigenvalue weighted by atomic mass is 10.1. The van der Waals surface area contributed by atoms with Crippen LogP contribution in [0.2, 0.25) is 10.0 Å². The summed E-state index contributed by atoms with van der Waals surface area (Å²) in [6.45, 7) is 9.26. The van der Waals surface area contributed by atoms with E-state index in [1.807, 2.05) is 12.1 Å². The van der Waals surface area contributed by atoms with Crippen LogP contribution in [0.4, 0.5) is 0 Å². The monoisotopic (exact) mass is 645 g/mol. The minimum atomic E-state index is -1.26. The van der Waals surface area contributed by atoms with Crippen molar-refractivity contribution in [2.24, 2.45) is 5.73 Å². The van der Waals surface area contributed by atoms with Gasteiger partial charge in [0.25, 0.3) is 5.91 Å². The standard InChI is InChI=1S/C26H33Cl2N5O6S2/c1-15(34)33(13-17-12-32(7-8-38-17)11-16-5-6-18(27)19(28)9-16)41-25-31-21(14-40-25)23(36)30-20(10-22(29)35)24(37)39-26(2,3)4/h5-6,9,14,17,20H,7-8,10-13H2,1-4H3,(H2,29,35)(H,30,36)/t17-,20-/m0/s1. The van der Waals surface area contributed by atoms with Gasteiger partial charge in [-0.25, -0.2) is 9.78 Å². The molecule has 1 aromatic carbocycles. The summed E-state index contributed by atoms with van der Waals surface area (Å²) in [5, 5.41) is 4.97. The van der Waals surface area contributed by atoms with Crippen LogP contribution < -0.4 is 11.1 Å². The van der Waals surface area contributed by atoms with Crippen LogP contribution in [0, 0.1) is 0 Å². The molecule has 0 unspecified atom stereocenters. The first-order valence-electron chi connectivity index (χ1n) is 12.7. The zero-order chi connectivity index (χ0) is 30.3. The van der Waals surface area contributed by atoms with Crippen molar-refractivity contribution in [3.8, 4) is 0 Å². The summed E-state index contributed by atoms with van der Waals surface area (Å²) in [6.07, 6.45) is -0.664. The molecule has 2 aromatic rings. The fourth-order valence-corrected chi connectivity index (χ4v) is 5.97. The van der Waals surface area contributed by atoms with Gasteiger partial charge in [-0.05, 0) is 38.5 Å². The fraction of sp³-hybridized carbons (Fsp3) is 0.500. The first kappa shape index (κ1) is 33.1. The molecule has 2 heterocycles. The highest BCUT2D eigenvalue weighted by molar-refractivity contribution is 7.99. The second-order valence-corrected chi connectivity index (χ2v) is 13.3. The van der Waals surface area contributed by atoms with Crippen molar-refractivity contribution >= 4 is 70.2 Å². The van der Waals surface area contributed by atoms with Crippen molar-refractivity contribution in [2.75, 3.05) is 26.2 Å². The van der Waals surface area contributed by atoms with Crippen LogP contribution in [-0.2, 0) is 30.4 Å². The highest BCUT2D eigenvalue weighted by atomic mass is 35.5. The number of rotatable bonds is 11. The predicted octanol–water partition coefficient (Wildman–Crippen LogP) is 3.52. The number of halogens is 2. The molecule has 3 N–H and O–H groups in total. The molecule has 0 spiro atoms. The number of esters is 1. The number of carbonyl (C=O) groups is 4. The van der Waals surface area contributed by atoms with Crippen LogP contribution in [0.3, 0.4) is 0 Å². The van der Waals surface area contributed by atoms with Crippen molar-refractivity contribution in [3.05, 3.63) is 44.9 Å². The van der Waals surface area contributed by atoms with Gasteiger partial charge in [0.2, 0.25) is 11.8 Å². The summed E-state index contributed by atoms with van der Waals surface area (Å²) < 4.78 is 13.2. The summed E-state index contributed by atoms with van der Waals surface area (Å²) in [7, 11) is 0. The van der Waals surface area contributed by atoms with E-state index in [0.717, 1.165) is 35.4 Å². The molecule has 3 rings (SSSR count). The van der Waals surface area contributed by atoms with E-state index in [-0.39, 0.29) is 17.7 Å². The van der Waals surface area contributed by atoms with Crippen LogP contribution in [0.25, 0.3) is 0 Å². The number of nitrogens with two attached hydrogens (primary N) is 1. The quantitative estimate of drug-likeness (QED) is 0.277. The number of hydrogen-bond acceptors (Lipinski definition) is 10. The predicted molar refractivity (Wildman–Crippen MR) is 158 cm³/mol. The molecule has 41 heavy (non-hydrogen) atoms. The maximum absolute atomic E-state index is 12.8. The highest BCUT2D eigenvalue weighted by Gasteiger charge is 2.30. The van der Waals surface area contributed by atoms with E-state index in [2.05, 4.69) is 15.2 Å². The number of amides is 3. The lowest BCUT2D eigenvalue weighted by Gasteiger charge is -2.35. The second kappa shape index (κ2) is 14.7. The summed E-state index contributed by atoms with van der Waals surface area (Å²) in [5.74, 6) is -2.42. The third-order valence-electron chi connectivity index (χ3n) is 5.64. The molecule has 0 bridgehead atoms. The van der Waals surface area contributed by atoms with Crippen LogP contribution in [0.5, 0.6) is 0 Å². The second-order valence-electron chi connectivity index (χ2n) is 10.4. The molecule has 1 aromatic heterocycles. The van der Waals surface area contributed by atoms with Gasteiger partial charge in [-0.2, -0.15) is 0 Å². The van der Waals surface area contributed by atoms with E-state index in [1.165, 1.54) is 16.6 Å². The number of nitrogens with zero attached hydrogens (tertiary/aromatic N) is 3. The number of carbonyl (C=O) groups excluding carboxylic acids is 4. The Kier molecular flexibility index (Phi) is 11.8. The van der Waals surface area contributed by atoms with Gasteiger partial charge < -0.3 is 20.5 Å². The molecule has 2 atom stereocenters. The number of hydrogen-bond donors (Lipinski definition) is 2. The third kappa shape index (κ3) is 10.7. The van der Waals surface area contributed by atoms with Crippen LogP contribution in [0.15, 0.2) is 27.9 Å². The van der Waals surface area contributed by atoms with E-state index in [0.29, 0.717) is 40.6 Å². The summed E-state index contributed by atoms with van der Waals surface area (Å²) in [5.41, 5.74) is 5.49. The van der Waals surface area contributed by atoms with Gasteiger partial charge >= 0.3 is 5.97 Å². The largest absolute Gasteiger partial charge is 0.458 e. The molecule has 15 heteroatoms. The minimum Gasteiger partial charge on any atom is -0.458 e. The van der Waals surface area contributed by atoms with Crippen molar-refractivity contribution < 1.29 is 28.7 Å². The van der Waals surface area contributed by atoms with E-state index in [1.54, 1.807) is 26.8 Å². The smallest absolute Gasteiger partial charge is 0.329 e. The van der Waals surface area contributed by atoms with Gasteiger partial charge in [0.05, 0.1) is 35.7 Å². The molecule has 224 valence electrons. The Morgan fingerprint density at radius 2 is 2.02 bits per heavy atom. The van der Waals surface area contributed by atoms with Crippen molar-refractivity contribution in [3.63, 3.8) is 0 Å². The summed E-state index contributed by atoms with van der Waals surface area (Å²) in [6, 6.07) is 4.27. The number of morpholine rings is 1. The van der Waals surface area contributed by atoms with Crippen LogP contribution in [-0.4, -0.2) is 81.9 Å². The minimum absolute atomic E-state index is 0.0285. The number of aromatic nitrogens is 1. The SMILES string of the molecule is CC(=O)N(C[C@@H]1CN(Cc2ccc(Cl)c(Cl)c2)CCO1)Sc1nc(C(=O)N[C@@H](CC(N)=O)C(=O)OC(C)(C)C)cs1.